The van der Waals surface area contributed by atoms with E-state index >= 15 is 0 Å². The fourth-order valence-electron chi connectivity index (χ4n) is 1.48. The van der Waals surface area contributed by atoms with Gasteiger partial charge in [-0.3, -0.25) is 0 Å². The molecule has 0 unspecified atom stereocenters. The van der Waals surface area contributed by atoms with Gasteiger partial charge in [-0.1, -0.05) is 22.9 Å². The Bertz CT molecular complexity index is 389. The molecule has 2 rings (SSSR count). The molecule has 0 radical (unpaired) electrons. The van der Waals surface area contributed by atoms with Crippen molar-refractivity contribution in [2.45, 2.75) is 25.8 Å². The lowest BCUT2D eigenvalue weighted by Crippen LogP contribution is -2.24. The van der Waals surface area contributed by atoms with Gasteiger partial charge in [0.1, 0.15) is 0 Å². The molecule has 1 heterocycles. The lowest BCUT2D eigenvalue weighted by Gasteiger charge is -2.18. The Balaban J connectivity index is 2.27. The quantitative estimate of drug-likeness (QED) is 0.887. The number of carboxylic acid groups (broad SMARTS) is 1. The van der Waals surface area contributed by atoms with Crippen molar-refractivity contribution < 1.29 is 9.90 Å². The van der Waals surface area contributed by atoms with E-state index in [4.69, 9.17) is 16.7 Å². The summed E-state index contributed by atoms with van der Waals surface area (Å²) in [5.41, 5.74) is 0. The number of halogens is 1. The predicted octanol–water partition coefficient (Wildman–Crippen LogP) is 2.48. The summed E-state index contributed by atoms with van der Waals surface area (Å²) in [6.07, 6.45) is 2.32. The molecule has 1 aromatic rings. The molecule has 0 aliphatic heterocycles. The second-order valence-electron chi connectivity index (χ2n) is 3.44. The molecule has 1 aliphatic rings. The summed E-state index contributed by atoms with van der Waals surface area (Å²) in [5.74, 6) is -1.00. The first-order valence-corrected chi connectivity index (χ1v) is 5.99. The Kier molecular flexibility index (Phi) is 2.84. The highest BCUT2D eigenvalue weighted by molar-refractivity contribution is 7.18. The van der Waals surface area contributed by atoms with Crippen LogP contribution in [-0.2, 0) is 0 Å². The number of hydrogen-bond acceptors (Lipinski definition) is 4. The van der Waals surface area contributed by atoms with Gasteiger partial charge in [-0.15, -0.1) is 0 Å². The molecular formula is C9H11ClN2O2S. The van der Waals surface area contributed by atoms with Gasteiger partial charge in [-0.25, -0.2) is 9.78 Å². The minimum Gasteiger partial charge on any atom is -0.477 e. The van der Waals surface area contributed by atoms with E-state index in [1.165, 1.54) is 0 Å². The maximum atomic E-state index is 10.8. The van der Waals surface area contributed by atoms with E-state index in [9.17, 15) is 4.79 Å². The van der Waals surface area contributed by atoms with Gasteiger partial charge in [-0.05, 0) is 19.8 Å². The van der Waals surface area contributed by atoms with E-state index in [-0.39, 0.29) is 10.0 Å². The van der Waals surface area contributed by atoms with Crippen LogP contribution in [0.5, 0.6) is 0 Å². The monoisotopic (exact) mass is 246 g/mol. The van der Waals surface area contributed by atoms with Gasteiger partial charge in [0.05, 0.1) is 0 Å². The molecule has 0 bridgehead atoms. The van der Waals surface area contributed by atoms with Gasteiger partial charge in [-0.2, -0.15) is 0 Å². The summed E-state index contributed by atoms with van der Waals surface area (Å²) in [5, 5.41) is 9.68. The first kappa shape index (κ1) is 10.7. The molecule has 0 saturated heterocycles. The maximum Gasteiger partial charge on any atom is 0.349 e. The van der Waals surface area contributed by atoms with E-state index in [1.54, 1.807) is 0 Å². The number of hydrogen-bond donors (Lipinski definition) is 1. The van der Waals surface area contributed by atoms with Gasteiger partial charge in [0, 0.05) is 12.6 Å². The van der Waals surface area contributed by atoms with Crippen molar-refractivity contribution in [2.24, 2.45) is 0 Å². The van der Waals surface area contributed by atoms with Gasteiger partial charge < -0.3 is 10.0 Å². The number of aromatic carboxylic acids is 1. The van der Waals surface area contributed by atoms with Crippen molar-refractivity contribution in [3.05, 3.63) is 10.0 Å². The van der Waals surface area contributed by atoms with Crippen molar-refractivity contribution >= 4 is 34.0 Å². The average Bonchev–Trinajstić information content (AvgIpc) is 2.91. The molecule has 4 nitrogen and oxygen atoms in total. The molecule has 1 aliphatic carbocycles. The second kappa shape index (κ2) is 3.98. The number of thiazole rings is 1. The lowest BCUT2D eigenvalue weighted by atomic mass is 10.5. The first-order chi connectivity index (χ1) is 7.13. The van der Waals surface area contributed by atoms with Crippen molar-refractivity contribution in [3.63, 3.8) is 0 Å². The van der Waals surface area contributed by atoms with Gasteiger partial charge >= 0.3 is 5.97 Å². The molecule has 0 amide bonds. The molecule has 1 N–H and O–H groups in total. The van der Waals surface area contributed by atoms with Crippen LogP contribution < -0.4 is 4.90 Å². The summed E-state index contributed by atoms with van der Waals surface area (Å²) < 4.78 is 0. The molecule has 1 saturated carbocycles. The zero-order valence-corrected chi connectivity index (χ0v) is 9.81. The molecule has 82 valence electrons. The lowest BCUT2D eigenvalue weighted by molar-refractivity contribution is 0.0702. The fourth-order valence-corrected chi connectivity index (χ4v) is 2.74. The van der Waals surface area contributed by atoms with E-state index in [1.807, 2.05) is 6.92 Å². The Hall–Kier alpha value is -0.810. The number of aromatic nitrogens is 1. The molecule has 0 aromatic carbocycles. The van der Waals surface area contributed by atoms with E-state index in [2.05, 4.69) is 9.88 Å². The number of carbonyl (C=O) groups is 1. The van der Waals surface area contributed by atoms with Crippen LogP contribution in [0.1, 0.15) is 29.4 Å². The number of carboxylic acids is 1. The second-order valence-corrected chi connectivity index (χ2v) is 4.77. The van der Waals surface area contributed by atoms with Crippen LogP contribution >= 0.6 is 22.9 Å². The molecule has 0 atom stereocenters. The highest BCUT2D eigenvalue weighted by Crippen LogP contribution is 2.36. The van der Waals surface area contributed by atoms with Crippen molar-refractivity contribution in [1.29, 1.82) is 0 Å². The SMILES string of the molecule is CCN(c1nc(Cl)c(C(=O)O)s1)C1CC1. The Morgan fingerprint density at radius 3 is 2.80 bits per heavy atom. The zero-order valence-electron chi connectivity index (χ0n) is 8.23. The molecule has 1 fully saturated rings. The van der Waals surface area contributed by atoms with Crippen LogP contribution in [0.2, 0.25) is 5.15 Å². The molecule has 15 heavy (non-hydrogen) atoms. The average molecular weight is 247 g/mol. The fraction of sp³-hybridized carbons (Fsp3) is 0.556. The first-order valence-electron chi connectivity index (χ1n) is 4.79. The summed E-state index contributed by atoms with van der Waals surface area (Å²) >= 11 is 6.91. The predicted molar refractivity (Wildman–Crippen MR) is 60.1 cm³/mol. The van der Waals surface area contributed by atoms with Crippen LogP contribution in [0.3, 0.4) is 0 Å². The minimum absolute atomic E-state index is 0.0987. The van der Waals surface area contributed by atoms with Crippen LogP contribution in [0.15, 0.2) is 0 Å². The highest BCUT2D eigenvalue weighted by atomic mass is 35.5. The molecule has 0 spiro atoms. The van der Waals surface area contributed by atoms with Crippen LogP contribution in [0.25, 0.3) is 0 Å². The van der Waals surface area contributed by atoms with Crippen LogP contribution in [-0.4, -0.2) is 28.6 Å². The number of rotatable bonds is 4. The third-order valence-electron chi connectivity index (χ3n) is 2.34. The Morgan fingerprint density at radius 1 is 1.73 bits per heavy atom. The van der Waals surface area contributed by atoms with Crippen molar-refractivity contribution in [2.75, 3.05) is 11.4 Å². The highest BCUT2D eigenvalue weighted by Gasteiger charge is 2.31. The summed E-state index contributed by atoms with van der Waals surface area (Å²) in [6.45, 7) is 2.88. The van der Waals surface area contributed by atoms with Gasteiger partial charge in [0.2, 0.25) is 0 Å². The van der Waals surface area contributed by atoms with Crippen molar-refractivity contribution in [3.8, 4) is 0 Å². The maximum absolute atomic E-state index is 10.8. The van der Waals surface area contributed by atoms with Crippen molar-refractivity contribution in [1.82, 2.24) is 4.98 Å². The normalized spacial score (nSPS) is 15.3. The van der Waals surface area contributed by atoms with E-state index < -0.39 is 5.97 Å². The molecule has 1 aromatic heterocycles. The summed E-state index contributed by atoms with van der Waals surface area (Å²) in [6, 6.07) is 0.527. The van der Waals surface area contributed by atoms with Gasteiger partial charge in [0.25, 0.3) is 0 Å². The summed E-state index contributed by atoms with van der Waals surface area (Å²) in [4.78, 5) is 17.1. The largest absolute Gasteiger partial charge is 0.477 e. The number of anilines is 1. The van der Waals surface area contributed by atoms with E-state index in [0.29, 0.717) is 6.04 Å². The Morgan fingerprint density at radius 2 is 2.40 bits per heavy atom. The molecule has 6 heteroatoms. The summed E-state index contributed by atoms with van der Waals surface area (Å²) in [7, 11) is 0. The van der Waals surface area contributed by atoms with E-state index in [0.717, 1.165) is 35.9 Å². The molecular weight excluding hydrogens is 236 g/mol. The zero-order chi connectivity index (χ0) is 11.0. The topological polar surface area (TPSA) is 53.4 Å². The smallest absolute Gasteiger partial charge is 0.349 e. The van der Waals surface area contributed by atoms with Gasteiger partial charge in [0.15, 0.2) is 15.2 Å². The van der Waals surface area contributed by atoms with Crippen LogP contribution in [0, 0.1) is 0 Å². The third kappa shape index (κ3) is 2.08. The third-order valence-corrected chi connectivity index (χ3v) is 3.81. The number of nitrogens with zero attached hydrogens (tertiary/aromatic N) is 2. The Labute approximate surface area is 96.5 Å². The van der Waals surface area contributed by atoms with Crippen LogP contribution in [0.4, 0.5) is 5.13 Å². The standard InChI is InChI=1S/C9H11ClN2O2S/c1-2-12(5-3-4-5)9-11-7(10)6(15-9)8(13)14/h5H,2-4H2,1H3,(H,13,14). The minimum atomic E-state index is -1.00.